The molecule has 2 aromatic rings. The van der Waals surface area contributed by atoms with E-state index in [4.69, 9.17) is 11.6 Å². The Hall–Kier alpha value is -1.85. The second-order valence-electron chi connectivity index (χ2n) is 6.36. The topological polar surface area (TPSA) is 54.5 Å². The van der Waals surface area contributed by atoms with E-state index in [1.807, 2.05) is 43.3 Å². The molecule has 0 unspecified atom stereocenters. The van der Waals surface area contributed by atoms with Gasteiger partial charge in [-0.3, -0.25) is 4.79 Å². The quantitative estimate of drug-likeness (QED) is 0.687. The zero-order chi connectivity index (χ0) is 18.6. The maximum atomic E-state index is 12.3. The summed E-state index contributed by atoms with van der Waals surface area (Å²) in [5, 5.41) is 0.497. The van der Waals surface area contributed by atoms with Gasteiger partial charge in [0, 0.05) is 43.0 Å². The van der Waals surface area contributed by atoms with Crippen molar-refractivity contribution in [3.63, 3.8) is 0 Å². The standard InChI is InChI=1S/C19H22ClNO3S/c1-21(2)17-9-6-16(7-10-17)19(22)11-8-15-5-4-14(12-18(15)20)13-25(3,23)24/h4-7,9-10,12H,8,11,13H2,1-3H3. The Morgan fingerprint density at radius 3 is 2.24 bits per heavy atom. The third-order valence-electron chi connectivity index (χ3n) is 3.87. The minimum Gasteiger partial charge on any atom is -0.378 e. The SMILES string of the molecule is CN(C)c1ccc(C(=O)CCc2ccc(CS(C)(=O)=O)cc2Cl)cc1. The van der Waals surface area contributed by atoms with Crippen LogP contribution in [-0.4, -0.2) is 34.6 Å². The number of halogens is 1. The summed E-state index contributed by atoms with van der Waals surface area (Å²) in [6, 6.07) is 12.7. The van der Waals surface area contributed by atoms with Crippen molar-refractivity contribution in [3.8, 4) is 0 Å². The van der Waals surface area contributed by atoms with Crippen molar-refractivity contribution in [2.75, 3.05) is 25.3 Å². The molecule has 6 heteroatoms. The first kappa shape index (κ1) is 19.5. The van der Waals surface area contributed by atoms with Gasteiger partial charge in [-0.1, -0.05) is 23.7 Å². The number of rotatable bonds is 7. The van der Waals surface area contributed by atoms with Crippen molar-refractivity contribution in [2.45, 2.75) is 18.6 Å². The number of ketones is 1. The molecule has 0 aromatic heterocycles. The molecule has 2 aromatic carbocycles. The molecule has 0 fully saturated rings. The minimum atomic E-state index is -3.09. The summed E-state index contributed by atoms with van der Waals surface area (Å²) >= 11 is 6.23. The van der Waals surface area contributed by atoms with E-state index in [0.717, 1.165) is 11.3 Å². The van der Waals surface area contributed by atoms with Crippen LogP contribution in [0.4, 0.5) is 5.69 Å². The molecule has 0 radical (unpaired) electrons. The van der Waals surface area contributed by atoms with Gasteiger partial charge in [0.1, 0.15) is 0 Å². The van der Waals surface area contributed by atoms with E-state index in [1.54, 1.807) is 18.2 Å². The van der Waals surface area contributed by atoms with Crippen molar-refractivity contribution in [3.05, 3.63) is 64.2 Å². The predicted molar refractivity (Wildman–Crippen MR) is 103 cm³/mol. The van der Waals surface area contributed by atoms with Gasteiger partial charge in [-0.25, -0.2) is 8.42 Å². The highest BCUT2D eigenvalue weighted by Gasteiger charge is 2.11. The summed E-state index contributed by atoms with van der Waals surface area (Å²) in [6.07, 6.45) is 2.06. The van der Waals surface area contributed by atoms with Crippen LogP contribution in [0.1, 0.15) is 27.9 Å². The summed E-state index contributed by atoms with van der Waals surface area (Å²) in [6.45, 7) is 0. The Morgan fingerprint density at radius 2 is 1.72 bits per heavy atom. The van der Waals surface area contributed by atoms with Gasteiger partial charge in [0.2, 0.25) is 0 Å². The second kappa shape index (κ2) is 8.02. The van der Waals surface area contributed by atoms with Crippen LogP contribution in [0.5, 0.6) is 0 Å². The number of hydrogen-bond donors (Lipinski definition) is 0. The van der Waals surface area contributed by atoms with Crippen LogP contribution in [0.25, 0.3) is 0 Å². The van der Waals surface area contributed by atoms with E-state index in [0.29, 0.717) is 29.0 Å². The van der Waals surface area contributed by atoms with Crippen molar-refractivity contribution in [1.82, 2.24) is 0 Å². The molecule has 0 aliphatic heterocycles. The zero-order valence-electron chi connectivity index (χ0n) is 14.6. The summed E-state index contributed by atoms with van der Waals surface area (Å²) in [5.41, 5.74) is 3.22. The summed E-state index contributed by atoms with van der Waals surface area (Å²) in [4.78, 5) is 14.3. The molecule has 0 bridgehead atoms. The maximum Gasteiger partial charge on any atom is 0.163 e. The van der Waals surface area contributed by atoms with Crippen LogP contribution in [0, 0.1) is 0 Å². The van der Waals surface area contributed by atoms with Crippen LogP contribution in [0.15, 0.2) is 42.5 Å². The third kappa shape index (κ3) is 5.87. The lowest BCUT2D eigenvalue weighted by Crippen LogP contribution is -2.09. The first-order valence-corrected chi connectivity index (χ1v) is 10.3. The highest BCUT2D eigenvalue weighted by molar-refractivity contribution is 7.89. The Balaban J connectivity index is 2.01. The fraction of sp³-hybridized carbons (Fsp3) is 0.316. The molecule has 0 atom stereocenters. The summed E-state index contributed by atoms with van der Waals surface area (Å²) < 4.78 is 22.7. The van der Waals surface area contributed by atoms with Gasteiger partial charge in [-0.15, -0.1) is 0 Å². The van der Waals surface area contributed by atoms with Crippen molar-refractivity contribution in [2.24, 2.45) is 0 Å². The van der Waals surface area contributed by atoms with E-state index in [-0.39, 0.29) is 11.5 Å². The first-order chi connectivity index (χ1) is 11.7. The highest BCUT2D eigenvalue weighted by atomic mass is 35.5. The number of aryl methyl sites for hydroxylation is 1. The van der Waals surface area contributed by atoms with Gasteiger partial charge in [0.15, 0.2) is 15.6 Å². The molecule has 0 saturated heterocycles. The smallest absolute Gasteiger partial charge is 0.163 e. The van der Waals surface area contributed by atoms with E-state index in [9.17, 15) is 13.2 Å². The molecule has 0 aliphatic carbocycles. The van der Waals surface area contributed by atoms with Gasteiger partial charge in [0.25, 0.3) is 0 Å². The van der Waals surface area contributed by atoms with Crippen LogP contribution < -0.4 is 4.90 Å². The number of anilines is 1. The molecule has 4 nitrogen and oxygen atoms in total. The third-order valence-corrected chi connectivity index (χ3v) is 5.08. The molecule has 25 heavy (non-hydrogen) atoms. The number of carbonyl (C=O) groups is 1. The molecular formula is C19H22ClNO3S. The summed E-state index contributed by atoms with van der Waals surface area (Å²) in [5.74, 6) is 0.0195. The molecule has 0 heterocycles. The number of benzene rings is 2. The molecule has 134 valence electrons. The zero-order valence-corrected chi connectivity index (χ0v) is 16.2. The average Bonchev–Trinajstić information content (AvgIpc) is 2.52. The molecular weight excluding hydrogens is 358 g/mol. The van der Waals surface area contributed by atoms with Crippen molar-refractivity contribution < 1.29 is 13.2 Å². The molecule has 0 aliphatic rings. The molecule has 0 amide bonds. The average molecular weight is 380 g/mol. The molecule has 0 spiro atoms. The van der Waals surface area contributed by atoms with Crippen LogP contribution in [0.2, 0.25) is 5.02 Å². The highest BCUT2D eigenvalue weighted by Crippen LogP contribution is 2.22. The Bertz CT molecular complexity index is 859. The van der Waals surface area contributed by atoms with E-state index < -0.39 is 9.84 Å². The monoisotopic (exact) mass is 379 g/mol. The Kier molecular flexibility index (Phi) is 6.25. The molecule has 0 saturated carbocycles. The number of carbonyl (C=O) groups excluding carboxylic acids is 1. The Morgan fingerprint density at radius 1 is 1.08 bits per heavy atom. The van der Waals surface area contributed by atoms with Gasteiger partial charge in [-0.05, 0) is 47.9 Å². The van der Waals surface area contributed by atoms with Gasteiger partial charge in [0.05, 0.1) is 5.75 Å². The maximum absolute atomic E-state index is 12.3. The molecule has 0 N–H and O–H groups in total. The fourth-order valence-electron chi connectivity index (χ4n) is 2.52. The van der Waals surface area contributed by atoms with Gasteiger partial charge in [-0.2, -0.15) is 0 Å². The largest absolute Gasteiger partial charge is 0.378 e. The lowest BCUT2D eigenvalue weighted by atomic mass is 10.0. The van der Waals surface area contributed by atoms with Gasteiger partial charge < -0.3 is 4.90 Å². The number of Topliss-reactive ketones (excluding diaryl/α,β-unsaturated/α-hetero) is 1. The van der Waals surface area contributed by atoms with E-state index >= 15 is 0 Å². The number of sulfone groups is 1. The normalized spacial score (nSPS) is 11.4. The van der Waals surface area contributed by atoms with Crippen LogP contribution in [-0.2, 0) is 22.0 Å². The Labute approximate surface area is 154 Å². The van der Waals surface area contributed by atoms with Crippen molar-refractivity contribution >= 4 is 32.9 Å². The van der Waals surface area contributed by atoms with E-state index in [2.05, 4.69) is 0 Å². The number of hydrogen-bond acceptors (Lipinski definition) is 4. The number of nitrogens with zero attached hydrogens (tertiary/aromatic N) is 1. The first-order valence-electron chi connectivity index (χ1n) is 7.91. The van der Waals surface area contributed by atoms with Crippen LogP contribution in [0.3, 0.4) is 0 Å². The summed E-state index contributed by atoms with van der Waals surface area (Å²) in [7, 11) is 0.807. The van der Waals surface area contributed by atoms with Crippen molar-refractivity contribution in [1.29, 1.82) is 0 Å². The molecule has 2 rings (SSSR count). The second-order valence-corrected chi connectivity index (χ2v) is 8.91. The lowest BCUT2D eigenvalue weighted by molar-refractivity contribution is 0.0983. The van der Waals surface area contributed by atoms with Gasteiger partial charge >= 0.3 is 0 Å². The predicted octanol–water partition coefficient (Wildman–Crippen LogP) is 3.77. The minimum absolute atomic E-state index is 0.0375. The fourth-order valence-corrected chi connectivity index (χ4v) is 3.61. The lowest BCUT2D eigenvalue weighted by Gasteiger charge is -2.12. The van der Waals surface area contributed by atoms with E-state index in [1.165, 1.54) is 6.26 Å². The van der Waals surface area contributed by atoms with Crippen LogP contribution >= 0.6 is 11.6 Å².